The van der Waals surface area contributed by atoms with Crippen LogP contribution in [0.25, 0.3) is 0 Å². The van der Waals surface area contributed by atoms with Gasteiger partial charge in [-0.2, -0.15) is 0 Å². The van der Waals surface area contributed by atoms with E-state index >= 15 is 0 Å². The Morgan fingerprint density at radius 2 is 2.11 bits per heavy atom. The van der Waals surface area contributed by atoms with Crippen LogP contribution in [0.15, 0.2) is 22.7 Å². The minimum atomic E-state index is -0.0876. The summed E-state index contributed by atoms with van der Waals surface area (Å²) >= 11 is 9.24. The zero-order valence-corrected chi connectivity index (χ0v) is 13.9. The molecule has 0 atom stereocenters. The van der Waals surface area contributed by atoms with E-state index < -0.39 is 0 Å². The molecule has 0 heterocycles. The van der Waals surface area contributed by atoms with Crippen LogP contribution in [-0.4, -0.2) is 37.0 Å². The van der Waals surface area contributed by atoms with Gasteiger partial charge in [0.05, 0.1) is 0 Å². The third kappa shape index (κ3) is 5.93. The normalized spacial score (nSPS) is 11.1. The van der Waals surface area contributed by atoms with E-state index in [0.717, 1.165) is 17.4 Å². The van der Waals surface area contributed by atoms with E-state index in [1.165, 1.54) is 0 Å². The van der Waals surface area contributed by atoms with Gasteiger partial charge < -0.3 is 10.2 Å². The topological polar surface area (TPSA) is 32.3 Å². The average molecular weight is 348 g/mol. The SMILES string of the molecule is CC(C)N(C)CCCNC(=O)c1cc(Cl)cc(Br)c1. The maximum atomic E-state index is 11.9. The largest absolute Gasteiger partial charge is 0.352 e. The molecule has 0 aliphatic heterocycles. The summed E-state index contributed by atoms with van der Waals surface area (Å²) in [5, 5.41) is 3.46. The predicted molar refractivity (Wildman–Crippen MR) is 83.9 cm³/mol. The van der Waals surface area contributed by atoms with Gasteiger partial charge in [-0.3, -0.25) is 4.79 Å². The standard InChI is InChI=1S/C14H20BrClN2O/c1-10(2)18(3)6-4-5-17-14(19)11-7-12(15)9-13(16)8-11/h7-10H,4-6H2,1-3H3,(H,17,19). The smallest absolute Gasteiger partial charge is 0.251 e. The molecule has 1 amide bonds. The second-order valence-electron chi connectivity index (χ2n) is 4.84. The molecule has 0 radical (unpaired) electrons. The van der Waals surface area contributed by atoms with E-state index in [1.807, 2.05) is 0 Å². The highest BCUT2D eigenvalue weighted by Crippen LogP contribution is 2.19. The van der Waals surface area contributed by atoms with Gasteiger partial charge in [-0.1, -0.05) is 27.5 Å². The third-order valence-corrected chi connectivity index (χ3v) is 3.66. The summed E-state index contributed by atoms with van der Waals surface area (Å²) in [7, 11) is 2.08. The van der Waals surface area contributed by atoms with Crippen molar-refractivity contribution >= 4 is 33.4 Å². The number of carbonyl (C=O) groups is 1. The molecule has 0 aromatic heterocycles. The number of hydrogen-bond donors (Lipinski definition) is 1. The highest BCUT2D eigenvalue weighted by molar-refractivity contribution is 9.10. The maximum Gasteiger partial charge on any atom is 0.251 e. The number of nitrogens with zero attached hydrogens (tertiary/aromatic N) is 1. The average Bonchev–Trinajstić information content (AvgIpc) is 2.32. The summed E-state index contributed by atoms with van der Waals surface area (Å²) < 4.78 is 0.810. The van der Waals surface area contributed by atoms with Crippen LogP contribution in [0.5, 0.6) is 0 Å². The molecule has 0 aliphatic carbocycles. The van der Waals surface area contributed by atoms with E-state index in [2.05, 4.69) is 47.0 Å². The van der Waals surface area contributed by atoms with Crippen LogP contribution in [-0.2, 0) is 0 Å². The second kappa shape index (κ2) is 7.88. The van der Waals surface area contributed by atoms with Crippen molar-refractivity contribution in [1.82, 2.24) is 10.2 Å². The van der Waals surface area contributed by atoms with Crippen molar-refractivity contribution in [2.75, 3.05) is 20.1 Å². The first-order valence-electron chi connectivity index (χ1n) is 6.34. The number of carbonyl (C=O) groups excluding carboxylic acids is 1. The molecule has 19 heavy (non-hydrogen) atoms. The molecule has 1 aromatic rings. The Bertz CT molecular complexity index is 417. The molecule has 0 unspecified atom stereocenters. The maximum absolute atomic E-state index is 11.9. The number of benzene rings is 1. The molecular weight excluding hydrogens is 328 g/mol. The van der Waals surface area contributed by atoms with Gasteiger partial charge >= 0.3 is 0 Å². The van der Waals surface area contributed by atoms with Crippen molar-refractivity contribution in [2.45, 2.75) is 26.3 Å². The number of amides is 1. The molecule has 0 bridgehead atoms. The highest BCUT2D eigenvalue weighted by atomic mass is 79.9. The predicted octanol–water partition coefficient (Wildman–Crippen LogP) is 3.56. The van der Waals surface area contributed by atoms with Crippen LogP contribution >= 0.6 is 27.5 Å². The minimum Gasteiger partial charge on any atom is -0.352 e. The fourth-order valence-electron chi connectivity index (χ4n) is 1.58. The lowest BCUT2D eigenvalue weighted by Crippen LogP contribution is -2.31. The van der Waals surface area contributed by atoms with Gasteiger partial charge in [-0.25, -0.2) is 0 Å². The second-order valence-corrected chi connectivity index (χ2v) is 6.19. The Hall–Kier alpha value is -0.580. The first-order valence-corrected chi connectivity index (χ1v) is 7.51. The van der Waals surface area contributed by atoms with Gasteiger partial charge in [0.1, 0.15) is 0 Å². The lowest BCUT2D eigenvalue weighted by Gasteiger charge is -2.20. The van der Waals surface area contributed by atoms with Crippen LogP contribution in [0.2, 0.25) is 5.02 Å². The summed E-state index contributed by atoms with van der Waals surface area (Å²) in [4.78, 5) is 14.2. The van der Waals surface area contributed by atoms with Gasteiger partial charge in [0, 0.05) is 27.6 Å². The fraction of sp³-hybridized carbons (Fsp3) is 0.500. The van der Waals surface area contributed by atoms with Gasteiger partial charge in [-0.15, -0.1) is 0 Å². The molecule has 1 aromatic carbocycles. The molecule has 0 fully saturated rings. The summed E-state index contributed by atoms with van der Waals surface area (Å²) in [6.07, 6.45) is 0.933. The van der Waals surface area contributed by atoms with Crippen molar-refractivity contribution in [3.05, 3.63) is 33.3 Å². The van der Waals surface area contributed by atoms with Crippen LogP contribution in [0.1, 0.15) is 30.6 Å². The van der Waals surface area contributed by atoms with Crippen molar-refractivity contribution in [3.8, 4) is 0 Å². The minimum absolute atomic E-state index is 0.0876. The Morgan fingerprint density at radius 1 is 1.42 bits per heavy atom. The Balaban J connectivity index is 2.39. The number of halogens is 2. The molecular formula is C14H20BrClN2O. The summed E-state index contributed by atoms with van der Waals surface area (Å²) in [6.45, 7) is 5.95. The Morgan fingerprint density at radius 3 is 2.68 bits per heavy atom. The first kappa shape index (κ1) is 16.5. The van der Waals surface area contributed by atoms with E-state index in [4.69, 9.17) is 11.6 Å². The fourth-order valence-corrected chi connectivity index (χ4v) is 2.44. The molecule has 0 aliphatic rings. The van der Waals surface area contributed by atoms with Crippen molar-refractivity contribution < 1.29 is 4.79 Å². The molecule has 0 spiro atoms. The van der Waals surface area contributed by atoms with Gasteiger partial charge in [0.2, 0.25) is 0 Å². The summed E-state index contributed by atoms with van der Waals surface area (Å²) in [5.74, 6) is -0.0876. The zero-order chi connectivity index (χ0) is 14.4. The van der Waals surface area contributed by atoms with Crippen LogP contribution < -0.4 is 5.32 Å². The van der Waals surface area contributed by atoms with Crippen molar-refractivity contribution in [1.29, 1.82) is 0 Å². The number of nitrogens with one attached hydrogen (secondary N) is 1. The van der Waals surface area contributed by atoms with E-state index in [-0.39, 0.29) is 5.91 Å². The third-order valence-electron chi connectivity index (χ3n) is 2.98. The molecule has 1 rings (SSSR count). The molecule has 106 valence electrons. The van der Waals surface area contributed by atoms with Crippen molar-refractivity contribution in [3.63, 3.8) is 0 Å². The highest BCUT2D eigenvalue weighted by Gasteiger charge is 2.07. The lowest BCUT2D eigenvalue weighted by molar-refractivity contribution is 0.0951. The molecule has 0 saturated heterocycles. The van der Waals surface area contributed by atoms with E-state index in [9.17, 15) is 4.79 Å². The summed E-state index contributed by atoms with van der Waals surface area (Å²) in [5.41, 5.74) is 0.580. The van der Waals surface area contributed by atoms with E-state index in [0.29, 0.717) is 23.2 Å². The number of hydrogen-bond acceptors (Lipinski definition) is 2. The Labute approximate surface area is 128 Å². The molecule has 3 nitrogen and oxygen atoms in total. The zero-order valence-electron chi connectivity index (χ0n) is 11.5. The van der Waals surface area contributed by atoms with Crippen LogP contribution in [0.4, 0.5) is 0 Å². The van der Waals surface area contributed by atoms with Crippen molar-refractivity contribution in [2.24, 2.45) is 0 Å². The molecule has 1 N–H and O–H groups in total. The van der Waals surface area contributed by atoms with Gasteiger partial charge in [-0.05, 0) is 52.1 Å². The first-order chi connectivity index (χ1) is 8.90. The quantitative estimate of drug-likeness (QED) is 0.798. The molecule has 5 heteroatoms. The van der Waals surface area contributed by atoms with Crippen LogP contribution in [0, 0.1) is 0 Å². The summed E-state index contributed by atoms with van der Waals surface area (Å²) in [6, 6.07) is 5.72. The van der Waals surface area contributed by atoms with E-state index in [1.54, 1.807) is 18.2 Å². The monoisotopic (exact) mass is 346 g/mol. The lowest BCUT2D eigenvalue weighted by atomic mass is 10.2. The Kier molecular flexibility index (Phi) is 6.83. The van der Waals surface area contributed by atoms with Gasteiger partial charge in [0.15, 0.2) is 0 Å². The number of rotatable bonds is 6. The van der Waals surface area contributed by atoms with Gasteiger partial charge in [0.25, 0.3) is 5.91 Å². The van der Waals surface area contributed by atoms with Crippen LogP contribution in [0.3, 0.4) is 0 Å². The molecule has 0 saturated carbocycles.